The van der Waals surface area contributed by atoms with Crippen LogP contribution < -0.4 is 0 Å². The van der Waals surface area contributed by atoms with Gasteiger partial charge in [-0.2, -0.15) is 0 Å². The molecule has 22 heavy (non-hydrogen) atoms. The molecule has 1 aromatic carbocycles. The number of carbonyl (C=O) groups is 2. The Labute approximate surface area is 134 Å². The van der Waals surface area contributed by atoms with Gasteiger partial charge in [0.05, 0.1) is 6.61 Å². The van der Waals surface area contributed by atoms with Gasteiger partial charge in [-0.25, -0.2) is 4.79 Å². The SMILES string of the molecule is C=CC[C@@]1(C(=O)OCC)CS[C@]2(C)c3ccccc3C(=O)N12. The van der Waals surface area contributed by atoms with E-state index >= 15 is 0 Å². The third-order valence-corrected chi connectivity index (χ3v) is 6.03. The van der Waals surface area contributed by atoms with E-state index in [-0.39, 0.29) is 11.9 Å². The highest BCUT2D eigenvalue weighted by Gasteiger charge is 2.64. The van der Waals surface area contributed by atoms with E-state index in [0.717, 1.165) is 5.56 Å². The zero-order chi connectivity index (χ0) is 16.0. The number of esters is 1. The van der Waals surface area contributed by atoms with Crippen molar-refractivity contribution in [2.75, 3.05) is 12.4 Å². The predicted octanol–water partition coefficient (Wildman–Crippen LogP) is 2.94. The van der Waals surface area contributed by atoms with Gasteiger partial charge in [0, 0.05) is 23.3 Å². The molecule has 4 nitrogen and oxygen atoms in total. The van der Waals surface area contributed by atoms with Crippen LogP contribution in [0.4, 0.5) is 0 Å². The van der Waals surface area contributed by atoms with Gasteiger partial charge in [-0.3, -0.25) is 4.79 Å². The molecule has 0 saturated carbocycles. The third kappa shape index (κ3) is 1.78. The van der Waals surface area contributed by atoms with Crippen LogP contribution in [0.3, 0.4) is 0 Å². The lowest BCUT2D eigenvalue weighted by molar-refractivity contribution is -0.155. The molecule has 2 heterocycles. The topological polar surface area (TPSA) is 46.6 Å². The van der Waals surface area contributed by atoms with Crippen molar-refractivity contribution < 1.29 is 14.3 Å². The highest BCUT2D eigenvalue weighted by Crippen LogP contribution is 2.57. The Morgan fingerprint density at radius 2 is 2.23 bits per heavy atom. The Morgan fingerprint density at radius 3 is 2.91 bits per heavy atom. The second-order valence-corrected chi connectivity index (χ2v) is 7.07. The number of nitrogens with zero attached hydrogens (tertiary/aromatic N) is 1. The molecule has 116 valence electrons. The van der Waals surface area contributed by atoms with E-state index in [0.29, 0.717) is 24.3 Å². The molecule has 0 radical (unpaired) electrons. The first-order valence-electron chi connectivity index (χ1n) is 7.37. The summed E-state index contributed by atoms with van der Waals surface area (Å²) < 4.78 is 5.29. The van der Waals surface area contributed by atoms with Crippen molar-refractivity contribution >= 4 is 23.6 Å². The molecular formula is C17H19NO3S. The summed E-state index contributed by atoms with van der Waals surface area (Å²) in [5.74, 6) is 0.0827. The summed E-state index contributed by atoms with van der Waals surface area (Å²) in [5.41, 5.74) is 0.683. The van der Waals surface area contributed by atoms with Gasteiger partial charge in [0.1, 0.15) is 4.87 Å². The molecule has 1 saturated heterocycles. The zero-order valence-corrected chi connectivity index (χ0v) is 13.6. The monoisotopic (exact) mass is 317 g/mol. The number of ether oxygens (including phenoxy) is 1. The lowest BCUT2D eigenvalue weighted by Gasteiger charge is -2.38. The summed E-state index contributed by atoms with van der Waals surface area (Å²) in [5, 5.41) is 0. The summed E-state index contributed by atoms with van der Waals surface area (Å²) in [7, 11) is 0. The maximum Gasteiger partial charge on any atom is 0.333 e. The fraction of sp³-hybridized carbons (Fsp3) is 0.412. The standard InChI is InChI=1S/C17H19NO3S/c1-4-10-17(15(20)21-5-2)11-22-16(3)13-9-7-6-8-12(13)14(19)18(16)17/h4,6-9H,1,5,10-11H2,2-3H3/t16-,17+/m1/s1. The number of hydrogen-bond acceptors (Lipinski definition) is 4. The van der Waals surface area contributed by atoms with Crippen LogP contribution in [0.5, 0.6) is 0 Å². The van der Waals surface area contributed by atoms with Crippen LogP contribution in [-0.4, -0.2) is 34.7 Å². The Balaban J connectivity index is 2.13. The number of amides is 1. The fourth-order valence-electron chi connectivity index (χ4n) is 3.47. The van der Waals surface area contributed by atoms with Crippen LogP contribution in [-0.2, 0) is 14.4 Å². The fourth-order valence-corrected chi connectivity index (χ4v) is 5.07. The molecule has 1 amide bonds. The molecule has 2 atom stereocenters. The minimum atomic E-state index is -0.965. The van der Waals surface area contributed by atoms with E-state index in [1.54, 1.807) is 29.7 Å². The second-order valence-electron chi connectivity index (χ2n) is 5.70. The van der Waals surface area contributed by atoms with Gasteiger partial charge < -0.3 is 9.64 Å². The number of rotatable bonds is 4. The maximum absolute atomic E-state index is 13.0. The van der Waals surface area contributed by atoms with Crippen LogP contribution in [0.2, 0.25) is 0 Å². The molecule has 0 aliphatic carbocycles. The van der Waals surface area contributed by atoms with E-state index < -0.39 is 10.4 Å². The smallest absolute Gasteiger partial charge is 0.333 e. The van der Waals surface area contributed by atoms with Gasteiger partial charge in [0.15, 0.2) is 5.54 Å². The molecule has 5 heteroatoms. The molecule has 1 fully saturated rings. The average Bonchev–Trinajstić information content (AvgIpc) is 2.93. The zero-order valence-electron chi connectivity index (χ0n) is 12.8. The number of carbonyl (C=O) groups excluding carboxylic acids is 2. The van der Waals surface area contributed by atoms with Gasteiger partial charge in [0.25, 0.3) is 5.91 Å². The largest absolute Gasteiger partial charge is 0.464 e. The molecular weight excluding hydrogens is 298 g/mol. The minimum Gasteiger partial charge on any atom is -0.464 e. The molecule has 3 rings (SSSR count). The second kappa shape index (κ2) is 5.16. The van der Waals surface area contributed by atoms with Crippen molar-refractivity contribution in [3.63, 3.8) is 0 Å². The number of fused-ring (bicyclic) bond motifs is 3. The van der Waals surface area contributed by atoms with Gasteiger partial charge in [-0.05, 0) is 19.9 Å². The van der Waals surface area contributed by atoms with Crippen LogP contribution in [0.25, 0.3) is 0 Å². The quantitative estimate of drug-likeness (QED) is 0.633. The lowest BCUT2D eigenvalue weighted by atomic mass is 9.94. The molecule has 0 spiro atoms. The average molecular weight is 317 g/mol. The predicted molar refractivity (Wildman–Crippen MR) is 86.6 cm³/mol. The third-order valence-electron chi connectivity index (χ3n) is 4.44. The van der Waals surface area contributed by atoms with Gasteiger partial charge in [-0.15, -0.1) is 18.3 Å². The van der Waals surface area contributed by atoms with Crippen LogP contribution in [0.15, 0.2) is 36.9 Å². The molecule has 2 aliphatic rings. The summed E-state index contributed by atoms with van der Waals surface area (Å²) in [4.78, 5) is 26.8. The Morgan fingerprint density at radius 1 is 1.50 bits per heavy atom. The molecule has 2 aliphatic heterocycles. The van der Waals surface area contributed by atoms with Gasteiger partial charge >= 0.3 is 5.97 Å². The van der Waals surface area contributed by atoms with E-state index in [1.807, 2.05) is 31.2 Å². The summed E-state index contributed by atoms with van der Waals surface area (Å²) in [6, 6.07) is 7.58. The highest BCUT2D eigenvalue weighted by molar-refractivity contribution is 8.00. The van der Waals surface area contributed by atoms with Crippen molar-refractivity contribution in [3.8, 4) is 0 Å². The van der Waals surface area contributed by atoms with Crippen molar-refractivity contribution in [3.05, 3.63) is 48.0 Å². The van der Waals surface area contributed by atoms with Crippen molar-refractivity contribution in [1.82, 2.24) is 4.90 Å². The maximum atomic E-state index is 13.0. The Hall–Kier alpha value is -1.75. The number of benzene rings is 1. The number of thioether (sulfide) groups is 1. The summed E-state index contributed by atoms with van der Waals surface area (Å²) in [6.45, 7) is 7.85. The van der Waals surface area contributed by atoms with Crippen molar-refractivity contribution in [2.45, 2.75) is 30.7 Å². The molecule has 0 unspecified atom stereocenters. The number of hydrogen-bond donors (Lipinski definition) is 0. The first-order chi connectivity index (χ1) is 10.5. The lowest BCUT2D eigenvalue weighted by Crippen LogP contribution is -2.57. The van der Waals surface area contributed by atoms with E-state index in [9.17, 15) is 9.59 Å². The first kappa shape index (κ1) is 15.2. The normalized spacial score (nSPS) is 29.2. The Bertz CT molecular complexity index is 659. The van der Waals surface area contributed by atoms with E-state index in [2.05, 4.69) is 6.58 Å². The van der Waals surface area contributed by atoms with Crippen molar-refractivity contribution in [2.24, 2.45) is 0 Å². The summed E-state index contributed by atoms with van der Waals surface area (Å²) >= 11 is 1.62. The van der Waals surface area contributed by atoms with Crippen molar-refractivity contribution in [1.29, 1.82) is 0 Å². The first-order valence-corrected chi connectivity index (χ1v) is 8.36. The van der Waals surface area contributed by atoms with Crippen LogP contribution >= 0.6 is 11.8 Å². The van der Waals surface area contributed by atoms with E-state index in [4.69, 9.17) is 4.74 Å². The van der Waals surface area contributed by atoms with Crippen LogP contribution in [0, 0.1) is 0 Å². The summed E-state index contributed by atoms with van der Waals surface area (Å²) in [6.07, 6.45) is 2.09. The van der Waals surface area contributed by atoms with Crippen LogP contribution in [0.1, 0.15) is 36.2 Å². The Kier molecular flexibility index (Phi) is 3.56. The highest BCUT2D eigenvalue weighted by atomic mass is 32.2. The van der Waals surface area contributed by atoms with E-state index in [1.165, 1.54) is 0 Å². The minimum absolute atomic E-state index is 0.0991. The molecule has 0 N–H and O–H groups in total. The molecule has 0 bridgehead atoms. The molecule has 1 aromatic rings. The van der Waals surface area contributed by atoms with Gasteiger partial charge in [-0.1, -0.05) is 24.3 Å². The van der Waals surface area contributed by atoms with Gasteiger partial charge in [0.2, 0.25) is 0 Å². The molecule has 0 aromatic heterocycles.